The Balaban J connectivity index is 2.05. The van der Waals surface area contributed by atoms with Crippen molar-refractivity contribution < 1.29 is 13.2 Å². The van der Waals surface area contributed by atoms with Crippen molar-refractivity contribution in [2.75, 3.05) is 20.3 Å². The molecule has 3 N–H and O–H groups in total. The second-order valence-corrected chi connectivity index (χ2v) is 7.61. The molecule has 2 atom stereocenters. The Morgan fingerprint density at radius 3 is 2.55 bits per heavy atom. The normalized spacial score (nSPS) is 22.6. The first-order valence-corrected chi connectivity index (χ1v) is 9.35. The van der Waals surface area contributed by atoms with E-state index in [9.17, 15) is 8.42 Å². The quantitative estimate of drug-likeness (QED) is 0.798. The van der Waals surface area contributed by atoms with Crippen molar-refractivity contribution in [1.29, 1.82) is 0 Å². The summed E-state index contributed by atoms with van der Waals surface area (Å²) in [7, 11) is -1.82. The van der Waals surface area contributed by atoms with Gasteiger partial charge in [0.25, 0.3) is 0 Å². The summed E-state index contributed by atoms with van der Waals surface area (Å²) in [6, 6.07) is 6.96. The molecule has 5 nitrogen and oxygen atoms in total. The third kappa shape index (κ3) is 4.52. The molecule has 0 saturated heterocycles. The molecule has 0 amide bonds. The van der Waals surface area contributed by atoms with Crippen LogP contribution in [0, 0.1) is 5.92 Å². The summed E-state index contributed by atoms with van der Waals surface area (Å²) in [6.45, 7) is 1.16. The van der Waals surface area contributed by atoms with E-state index in [4.69, 9.17) is 10.5 Å². The molecule has 6 heteroatoms. The number of methoxy groups -OCH3 is 1. The number of benzene rings is 1. The summed E-state index contributed by atoms with van der Waals surface area (Å²) in [5.41, 5.74) is 6.84. The van der Waals surface area contributed by atoms with Crippen molar-refractivity contribution in [3.8, 4) is 0 Å². The van der Waals surface area contributed by atoms with E-state index in [1.54, 1.807) is 19.2 Å². The van der Waals surface area contributed by atoms with E-state index in [1.165, 1.54) is 0 Å². The van der Waals surface area contributed by atoms with Gasteiger partial charge in [-0.3, -0.25) is 0 Å². The molecule has 1 aliphatic rings. The Hall–Kier alpha value is -0.950. The lowest BCUT2D eigenvalue weighted by Crippen LogP contribution is -2.44. The zero-order chi connectivity index (χ0) is 16.0. The Kier molecular flexibility index (Phi) is 6.37. The minimum absolute atomic E-state index is 0.0445. The first kappa shape index (κ1) is 17.4. The van der Waals surface area contributed by atoms with Crippen molar-refractivity contribution in [1.82, 2.24) is 4.72 Å². The fourth-order valence-electron chi connectivity index (χ4n) is 2.97. The number of rotatable bonds is 7. The maximum absolute atomic E-state index is 12.5. The van der Waals surface area contributed by atoms with Gasteiger partial charge in [-0.15, -0.1) is 0 Å². The van der Waals surface area contributed by atoms with Gasteiger partial charge in [-0.2, -0.15) is 0 Å². The van der Waals surface area contributed by atoms with Gasteiger partial charge in [0.15, 0.2) is 0 Å². The fourth-order valence-corrected chi connectivity index (χ4v) is 4.31. The van der Waals surface area contributed by atoms with Crippen LogP contribution < -0.4 is 10.5 Å². The van der Waals surface area contributed by atoms with E-state index in [2.05, 4.69) is 4.72 Å². The molecule has 2 rings (SSSR count). The maximum atomic E-state index is 12.5. The molecule has 22 heavy (non-hydrogen) atoms. The summed E-state index contributed by atoms with van der Waals surface area (Å²) in [6.07, 6.45) is 4.84. The first-order valence-electron chi connectivity index (χ1n) is 7.87. The topological polar surface area (TPSA) is 81.4 Å². The predicted molar refractivity (Wildman–Crippen MR) is 87.1 cm³/mol. The summed E-state index contributed by atoms with van der Waals surface area (Å²) in [5.74, 6) is 0.240. The number of nitrogens with two attached hydrogens (primary N) is 1. The van der Waals surface area contributed by atoms with Crippen LogP contribution in [0.2, 0.25) is 0 Å². The Morgan fingerprint density at radius 2 is 1.91 bits per heavy atom. The Labute approximate surface area is 133 Å². The molecular weight excluding hydrogens is 300 g/mol. The van der Waals surface area contributed by atoms with Crippen LogP contribution in [0.1, 0.15) is 31.2 Å². The highest BCUT2D eigenvalue weighted by molar-refractivity contribution is 7.89. The second-order valence-electron chi connectivity index (χ2n) is 5.89. The first-order chi connectivity index (χ1) is 10.6. The van der Waals surface area contributed by atoms with E-state index in [1.807, 2.05) is 12.1 Å². The SMILES string of the molecule is COCCc1ccc(S(=O)(=O)NC2CCCCC2CN)cc1. The molecule has 2 unspecified atom stereocenters. The van der Waals surface area contributed by atoms with Crippen molar-refractivity contribution in [2.45, 2.75) is 43.0 Å². The van der Waals surface area contributed by atoms with Crippen LogP contribution in [-0.4, -0.2) is 34.7 Å². The molecule has 0 bridgehead atoms. The highest BCUT2D eigenvalue weighted by Crippen LogP contribution is 2.25. The highest BCUT2D eigenvalue weighted by atomic mass is 32.2. The van der Waals surface area contributed by atoms with E-state index in [0.717, 1.165) is 37.7 Å². The lowest BCUT2D eigenvalue weighted by molar-refractivity contribution is 0.202. The molecule has 124 valence electrons. The Morgan fingerprint density at radius 1 is 1.23 bits per heavy atom. The second kappa shape index (κ2) is 8.06. The molecule has 0 spiro atoms. The van der Waals surface area contributed by atoms with Crippen LogP contribution in [0.25, 0.3) is 0 Å². The third-order valence-corrected chi connectivity index (χ3v) is 5.85. The van der Waals surface area contributed by atoms with Gasteiger partial charge in [-0.25, -0.2) is 13.1 Å². The molecule has 1 aromatic carbocycles. The highest BCUT2D eigenvalue weighted by Gasteiger charge is 2.28. The van der Waals surface area contributed by atoms with Crippen LogP contribution in [0.5, 0.6) is 0 Å². The van der Waals surface area contributed by atoms with Crippen molar-refractivity contribution in [3.63, 3.8) is 0 Å². The molecule has 0 radical (unpaired) electrons. The van der Waals surface area contributed by atoms with Gasteiger partial charge in [-0.1, -0.05) is 25.0 Å². The zero-order valence-electron chi connectivity index (χ0n) is 13.1. The summed E-state index contributed by atoms with van der Waals surface area (Å²) in [5, 5.41) is 0. The monoisotopic (exact) mass is 326 g/mol. The van der Waals surface area contributed by atoms with Crippen molar-refractivity contribution in [2.24, 2.45) is 11.7 Å². The van der Waals surface area contributed by atoms with E-state index in [0.29, 0.717) is 18.0 Å². The summed E-state index contributed by atoms with van der Waals surface area (Å²) >= 11 is 0. The minimum atomic E-state index is -3.48. The minimum Gasteiger partial charge on any atom is -0.384 e. The largest absolute Gasteiger partial charge is 0.384 e. The van der Waals surface area contributed by atoms with E-state index in [-0.39, 0.29) is 12.0 Å². The number of sulfonamides is 1. The van der Waals surface area contributed by atoms with Gasteiger partial charge < -0.3 is 10.5 Å². The van der Waals surface area contributed by atoms with Gasteiger partial charge in [0.1, 0.15) is 0 Å². The molecule has 1 aromatic rings. The lowest BCUT2D eigenvalue weighted by atomic mass is 9.85. The molecule has 1 fully saturated rings. The van der Waals surface area contributed by atoms with E-state index < -0.39 is 10.0 Å². The van der Waals surface area contributed by atoms with Crippen LogP contribution in [-0.2, 0) is 21.2 Å². The Bertz CT molecular complexity index is 557. The number of nitrogens with one attached hydrogen (secondary N) is 1. The molecule has 0 aliphatic heterocycles. The number of hydrogen-bond donors (Lipinski definition) is 2. The van der Waals surface area contributed by atoms with E-state index >= 15 is 0 Å². The van der Waals surface area contributed by atoms with Crippen LogP contribution >= 0.6 is 0 Å². The van der Waals surface area contributed by atoms with Crippen LogP contribution in [0.15, 0.2) is 29.2 Å². The van der Waals surface area contributed by atoms with Crippen molar-refractivity contribution >= 4 is 10.0 Å². The third-order valence-electron chi connectivity index (χ3n) is 4.35. The molecule has 1 saturated carbocycles. The van der Waals surface area contributed by atoms with Gasteiger partial charge in [0.05, 0.1) is 11.5 Å². The average Bonchev–Trinajstić information content (AvgIpc) is 2.53. The molecular formula is C16H26N2O3S. The molecule has 1 aliphatic carbocycles. The number of ether oxygens (including phenoxy) is 1. The average molecular weight is 326 g/mol. The standard InChI is InChI=1S/C16H26N2O3S/c1-21-11-10-13-6-8-15(9-7-13)22(19,20)18-16-5-3-2-4-14(16)12-17/h6-9,14,16,18H,2-5,10-12,17H2,1H3. The predicted octanol–water partition coefficient (Wildman–Crippen LogP) is 1.67. The van der Waals surface area contributed by atoms with Gasteiger partial charge >= 0.3 is 0 Å². The summed E-state index contributed by atoms with van der Waals surface area (Å²) in [4.78, 5) is 0.315. The van der Waals surface area contributed by atoms with Crippen molar-refractivity contribution in [3.05, 3.63) is 29.8 Å². The van der Waals surface area contributed by atoms with Gasteiger partial charge in [0, 0.05) is 13.2 Å². The maximum Gasteiger partial charge on any atom is 0.240 e. The van der Waals surface area contributed by atoms with Gasteiger partial charge in [-0.05, 0) is 49.4 Å². The lowest BCUT2D eigenvalue weighted by Gasteiger charge is -2.31. The van der Waals surface area contributed by atoms with Gasteiger partial charge in [0.2, 0.25) is 10.0 Å². The fraction of sp³-hybridized carbons (Fsp3) is 0.625. The molecule has 0 aromatic heterocycles. The van der Waals surface area contributed by atoms with Crippen LogP contribution in [0.4, 0.5) is 0 Å². The zero-order valence-corrected chi connectivity index (χ0v) is 13.9. The summed E-state index contributed by atoms with van der Waals surface area (Å²) < 4.78 is 32.9. The molecule has 0 heterocycles. The number of hydrogen-bond acceptors (Lipinski definition) is 4. The smallest absolute Gasteiger partial charge is 0.240 e. The van der Waals surface area contributed by atoms with Crippen LogP contribution in [0.3, 0.4) is 0 Å².